The van der Waals surface area contributed by atoms with Gasteiger partial charge in [0.1, 0.15) is 0 Å². The summed E-state index contributed by atoms with van der Waals surface area (Å²) in [5.41, 5.74) is 3.51. The predicted octanol–water partition coefficient (Wildman–Crippen LogP) is 2.62. The van der Waals surface area contributed by atoms with Crippen molar-refractivity contribution in [1.29, 1.82) is 0 Å². The van der Waals surface area contributed by atoms with Crippen LogP contribution in [0.15, 0.2) is 42.5 Å². The lowest BCUT2D eigenvalue weighted by Crippen LogP contribution is -2.28. The maximum atomic E-state index is 12.4. The van der Waals surface area contributed by atoms with Gasteiger partial charge in [-0.2, -0.15) is 0 Å². The lowest BCUT2D eigenvalue weighted by molar-refractivity contribution is -0.151. The first-order valence-corrected chi connectivity index (χ1v) is 9.81. The number of aryl methyl sites for hydroxylation is 2. The van der Waals surface area contributed by atoms with E-state index in [9.17, 15) is 19.2 Å². The van der Waals surface area contributed by atoms with Gasteiger partial charge < -0.3 is 19.7 Å². The molecule has 0 bridgehead atoms. The molecule has 0 spiro atoms. The van der Waals surface area contributed by atoms with E-state index in [-0.39, 0.29) is 18.9 Å². The fourth-order valence-corrected chi connectivity index (χ4v) is 3.32. The minimum absolute atomic E-state index is 0.00378. The minimum Gasteiger partial charge on any atom is -0.465 e. The van der Waals surface area contributed by atoms with E-state index in [0.29, 0.717) is 16.9 Å². The Bertz CT molecular complexity index is 1020. The molecule has 162 valence electrons. The Kier molecular flexibility index (Phi) is 6.69. The van der Waals surface area contributed by atoms with Crippen LogP contribution in [0.5, 0.6) is 0 Å². The fourth-order valence-electron chi connectivity index (χ4n) is 3.32. The van der Waals surface area contributed by atoms with Crippen molar-refractivity contribution in [2.45, 2.75) is 20.3 Å². The van der Waals surface area contributed by atoms with E-state index in [1.165, 1.54) is 12.0 Å². The number of esters is 2. The summed E-state index contributed by atoms with van der Waals surface area (Å²) in [5, 5.41) is 2.73. The first-order valence-electron chi connectivity index (χ1n) is 9.81. The standard InChI is InChI=1S/C23H24N2O6/c1-14-4-5-15(2)19(10-14)24-20(26)13-31-23(29)17-11-21(27)25(12-17)18-8-6-16(7-9-18)22(28)30-3/h4-10,17H,11-13H2,1-3H3,(H,24,26)/t17-/m1/s1. The second-order valence-corrected chi connectivity index (χ2v) is 7.42. The molecule has 1 aliphatic rings. The summed E-state index contributed by atoms with van der Waals surface area (Å²) in [7, 11) is 1.29. The molecule has 1 N–H and O–H groups in total. The number of carbonyl (C=O) groups excluding carboxylic acids is 4. The molecule has 1 heterocycles. The van der Waals surface area contributed by atoms with E-state index >= 15 is 0 Å². The molecular weight excluding hydrogens is 400 g/mol. The molecular formula is C23H24N2O6. The van der Waals surface area contributed by atoms with Gasteiger partial charge in [0.15, 0.2) is 6.61 Å². The van der Waals surface area contributed by atoms with Crippen LogP contribution >= 0.6 is 0 Å². The van der Waals surface area contributed by atoms with Gasteiger partial charge in [-0.1, -0.05) is 12.1 Å². The highest BCUT2D eigenvalue weighted by atomic mass is 16.5. The zero-order chi connectivity index (χ0) is 22.5. The van der Waals surface area contributed by atoms with Crippen molar-refractivity contribution in [2.75, 3.05) is 30.5 Å². The van der Waals surface area contributed by atoms with Crippen LogP contribution in [0.4, 0.5) is 11.4 Å². The molecule has 1 fully saturated rings. The summed E-state index contributed by atoms with van der Waals surface area (Å²) in [5.74, 6) is -2.41. The summed E-state index contributed by atoms with van der Waals surface area (Å²) >= 11 is 0. The molecule has 1 atom stereocenters. The Morgan fingerprint density at radius 1 is 1.10 bits per heavy atom. The van der Waals surface area contributed by atoms with Crippen molar-refractivity contribution in [3.05, 3.63) is 59.2 Å². The van der Waals surface area contributed by atoms with Gasteiger partial charge in [-0.15, -0.1) is 0 Å². The van der Waals surface area contributed by atoms with Crippen LogP contribution in [0.25, 0.3) is 0 Å². The molecule has 1 saturated heterocycles. The number of hydrogen-bond acceptors (Lipinski definition) is 6. The van der Waals surface area contributed by atoms with Gasteiger partial charge in [-0.05, 0) is 55.3 Å². The van der Waals surface area contributed by atoms with Gasteiger partial charge >= 0.3 is 11.9 Å². The van der Waals surface area contributed by atoms with Crippen molar-refractivity contribution in [1.82, 2.24) is 0 Å². The SMILES string of the molecule is COC(=O)c1ccc(N2C[C@H](C(=O)OCC(=O)Nc3cc(C)ccc3C)CC2=O)cc1. The molecule has 0 aromatic heterocycles. The van der Waals surface area contributed by atoms with Crippen LogP contribution < -0.4 is 10.2 Å². The van der Waals surface area contributed by atoms with Crippen LogP contribution in [0.3, 0.4) is 0 Å². The van der Waals surface area contributed by atoms with Gasteiger partial charge in [0, 0.05) is 24.3 Å². The monoisotopic (exact) mass is 424 g/mol. The third-order valence-electron chi connectivity index (χ3n) is 5.07. The Balaban J connectivity index is 1.54. The molecule has 8 heteroatoms. The highest BCUT2D eigenvalue weighted by Gasteiger charge is 2.36. The topological polar surface area (TPSA) is 102 Å². The number of nitrogens with zero attached hydrogens (tertiary/aromatic N) is 1. The normalized spacial score (nSPS) is 15.5. The number of carbonyl (C=O) groups is 4. The molecule has 0 saturated carbocycles. The van der Waals surface area contributed by atoms with Crippen LogP contribution in [0.2, 0.25) is 0 Å². The molecule has 3 rings (SSSR count). The molecule has 2 aromatic carbocycles. The van der Waals surface area contributed by atoms with Gasteiger partial charge in [-0.25, -0.2) is 4.79 Å². The van der Waals surface area contributed by atoms with E-state index in [1.54, 1.807) is 24.3 Å². The first-order chi connectivity index (χ1) is 14.8. The Hall–Kier alpha value is -3.68. The van der Waals surface area contributed by atoms with Crippen LogP contribution in [-0.4, -0.2) is 44.0 Å². The molecule has 31 heavy (non-hydrogen) atoms. The maximum Gasteiger partial charge on any atom is 0.337 e. The number of anilines is 2. The number of amides is 2. The third-order valence-corrected chi connectivity index (χ3v) is 5.07. The first kappa shape index (κ1) is 22.0. The van der Waals surface area contributed by atoms with Crippen molar-refractivity contribution in [3.63, 3.8) is 0 Å². The number of rotatable bonds is 6. The van der Waals surface area contributed by atoms with Gasteiger partial charge in [0.05, 0.1) is 18.6 Å². The van der Waals surface area contributed by atoms with Crippen LogP contribution in [-0.2, 0) is 23.9 Å². The second-order valence-electron chi connectivity index (χ2n) is 7.42. The maximum absolute atomic E-state index is 12.4. The quantitative estimate of drug-likeness (QED) is 0.716. The fraction of sp³-hybridized carbons (Fsp3) is 0.304. The third kappa shape index (κ3) is 5.28. The molecule has 2 aromatic rings. The number of methoxy groups -OCH3 is 1. The van der Waals surface area contributed by atoms with Crippen molar-refractivity contribution in [2.24, 2.45) is 5.92 Å². The Labute approximate surface area is 180 Å². The van der Waals surface area contributed by atoms with Crippen LogP contribution in [0.1, 0.15) is 27.9 Å². The van der Waals surface area contributed by atoms with E-state index in [1.807, 2.05) is 32.0 Å². The molecule has 2 amide bonds. The van der Waals surface area contributed by atoms with E-state index in [2.05, 4.69) is 10.1 Å². The highest BCUT2D eigenvalue weighted by Crippen LogP contribution is 2.26. The second kappa shape index (κ2) is 9.42. The van der Waals surface area contributed by atoms with Gasteiger partial charge in [0.25, 0.3) is 5.91 Å². The highest BCUT2D eigenvalue weighted by molar-refractivity contribution is 6.00. The molecule has 8 nitrogen and oxygen atoms in total. The summed E-state index contributed by atoms with van der Waals surface area (Å²) in [6, 6.07) is 12.0. The zero-order valence-electron chi connectivity index (χ0n) is 17.6. The predicted molar refractivity (Wildman–Crippen MR) is 114 cm³/mol. The number of hydrogen-bond donors (Lipinski definition) is 1. The average Bonchev–Trinajstić information content (AvgIpc) is 3.16. The average molecular weight is 424 g/mol. The Morgan fingerprint density at radius 2 is 1.81 bits per heavy atom. The minimum atomic E-state index is -0.665. The van der Waals surface area contributed by atoms with Gasteiger partial charge in [-0.3, -0.25) is 14.4 Å². The van der Waals surface area contributed by atoms with Crippen molar-refractivity contribution >= 4 is 35.1 Å². The molecule has 0 radical (unpaired) electrons. The summed E-state index contributed by atoms with van der Waals surface area (Å²) in [6.07, 6.45) is -0.00378. The number of nitrogens with one attached hydrogen (secondary N) is 1. The van der Waals surface area contributed by atoms with E-state index in [0.717, 1.165) is 11.1 Å². The smallest absolute Gasteiger partial charge is 0.337 e. The van der Waals surface area contributed by atoms with E-state index < -0.39 is 30.4 Å². The van der Waals surface area contributed by atoms with Crippen molar-refractivity contribution in [3.8, 4) is 0 Å². The molecule has 1 aliphatic heterocycles. The molecule has 0 aliphatic carbocycles. The molecule has 0 unspecified atom stereocenters. The van der Waals surface area contributed by atoms with Crippen molar-refractivity contribution < 1.29 is 28.7 Å². The van der Waals surface area contributed by atoms with E-state index in [4.69, 9.17) is 4.74 Å². The zero-order valence-corrected chi connectivity index (χ0v) is 17.6. The van der Waals surface area contributed by atoms with Gasteiger partial charge in [0.2, 0.25) is 5.91 Å². The summed E-state index contributed by atoms with van der Waals surface area (Å²) < 4.78 is 9.79. The summed E-state index contributed by atoms with van der Waals surface area (Å²) in [6.45, 7) is 3.51. The lowest BCUT2D eigenvalue weighted by Gasteiger charge is -2.17. The van der Waals surface area contributed by atoms with Crippen LogP contribution in [0, 0.1) is 19.8 Å². The number of ether oxygens (including phenoxy) is 2. The lowest BCUT2D eigenvalue weighted by atomic mass is 10.1. The Morgan fingerprint density at radius 3 is 2.48 bits per heavy atom. The summed E-state index contributed by atoms with van der Waals surface area (Å²) in [4.78, 5) is 49.9. The largest absolute Gasteiger partial charge is 0.465 e. The number of benzene rings is 2.